The van der Waals surface area contributed by atoms with Crippen LogP contribution in [-0.4, -0.2) is 35.6 Å². The number of likely N-dealkylation sites (tertiary alicyclic amines) is 1. The fraction of sp³-hybridized carbons (Fsp3) is 0.900. The largest absolute Gasteiger partial charge is 0.480 e. The van der Waals surface area contributed by atoms with Crippen LogP contribution < -0.4 is 0 Å². The molecule has 2 atom stereocenters. The fourth-order valence-corrected chi connectivity index (χ4v) is 2.22. The van der Waals surface area contributed by atoms with Gasteiger partial charge in [0.25, 0.3) is 0 Å². The zero-order valence-corrected chi connectivity index (χ0v) is 8.49. The minimum atomic E-state index is -0.706. The molecule has 1 saturated heterocycles. The van der Waals surface area contributed by atoms with Crippen LogP contribution in [0.2, 0.25) is 0 Å². The van der Waals surface area contributed by atoms with Gasteiger partial charge in [0, 0.05) is 6.54 Å². The number of rotatable bonds is 3. The molecule has 0 bridgehead atoms. The summed E-state index contributed by atoms with van der Waals surface area (Å²) >= 11 is 0. The maximum Gasteiger partial charge on any atom is 0.317 e. The summed E-state index contributed by atoms with van der Waals surface area (Å²) < 4.78 is 0. The molecule has 3 heteroatoms. The monoisotopic (exact) mass is 185 g/mol. The highest BCUT2D eigenvalue weighted by molar-refractivity contribution is 5.69. The van der Waals surface area contributed by atoms with Crippen molar-refractivity contribution < 1.29 is 9.90 Å². The standard InChI is InChI=1S/C10H19NO2/c1-3-9-4-5-11(6-8(9)2)7-10(12)13/h8-9H,3-7H2,1-2H3,(H,12,13). The van der Waals surface area contributed by atoms with Gasteiger partial charge in [0.2, 0.25) is 0 Å². The van der Waals surface area contributed by atoms with Gasteiger partial charge < -0.3 is 5.11 Å². The number of aliphatic carboxylic acids is 1. The highest BCUT2D eigenvalue weighted by Gasteiger charge is 2.25. The Morgan fingerprint density at radius 2 is 2.31 bits per heavy atom. The van der Waals surface area contributed by atoms with Crippen LogP contribution in [0.25, 0.3) is 0 Å². The zero-order valence-electron chi connectivity index (χ0n) is 8.49. The highest BCUT2D eigenvalue weighted by atomic mass is 16.4. The smallest absolute Gasteiger partial charge is 0.317 e. The van der Waals surface area contributed by atoms with Crippen molar-refractivity contribution in [3.8, 4) is 0 Å². The molecular formula is C10H19NO2. The third kappa shape index (κ3) is 2.99. The topological polar surface area (TPSA) is 40.5 Å². The van der Waals surface area contributed by atoms with Gasteiger partial charge in [0.1, 0.15) is 0 Å². The molecule has 1 rings (SSSR count). The van der Waals surface area contributed by atoms with Gasteiger partial charge in [-0.25, -0.2) is 0 Å². The second-order valence-electron chi connectivity index (χ2n) is 4.06. The maximum atomic E-state index is 10.5. The lowest BCUT2D eigenvalue weighted by Crippen LogP contribution is -2.41. The second-order valence-corrected chi connectivity index (χ2v) is 4.06. The van der Waals surface area contributed by atoms with Crippen molar-refractivity contribution in [2.45, 2.75) is 26.7 Å². The third-order valence-corrected chi connectivity index (χ3v) is 3.05. The van der Waals surface area contributed by atoms with E-state index in [2.05, 4.69) is 13.8 Å². The van der Waals surface area contributed by atoms with Crippen LogP contribution in [0.15, 0.2) is 0 Å². The van der Waals surface area contributed by atoms with Gasteiger partial charge in [-0.1, -0.05) is 20.3 Å². The molecule has 13 heavy (non-hydrogen) atoms. The molecule has 0 aliphatic carbocycles. The van der Waals surface area contributed by atoms with Crippen LogP contribution in [0.1, 0.15) is 26.7 Å². The summed E-state index contributed by atoms with van der Waals surface area (Å²) in [6.45, 7) is 6.55. The van der Waals surface area contributed by atoms with Gasteiger partial charge >= 0.3 is 5.97 Å². The van der Waals surface area contributed by atoms with E-state index in [-0.39, 0.29) is 6.54 Å². The number of carboxylic acids is 1. The molecule has 0 aromatic carbocycles. The van der Waals surface area contributed by atoms with Crippen LogP contribution in [0, 0.1) is 11.8 Å². The number of carboxylic acid groups (broad SMARTS) is 1. The Labute approximate surface area is 79.7 Å². The number of hydrogen-bond donors (Lipinski definition) is 1. The quantitative estimate of drug-likeness (QED) is 0.723. The lowest BCUT2D eigenvalue weighted by Gasteiger charge is -2.35. The first-order chi connectivity index (χ1) is 6.13. The predicted molar refractivity (Wildman–Crippen MR) is 51.6 cm³/mol. The van der Waals surface area contributed by atoms with E-state index < -0.39 is 5.97 Å². The first kappa shape index (κ1) is 10.5. The average Bonchev–Trinajstić information content (AvgIpc) is 2.03. The Morgan fingerprint density at radius 3 is 2.77 bits per heavy atom. The Kier molecular flexibility index (Phi) is 3.72. The molecule has 0 radical (unpaired) electrons. The second kappa shape index (κ2) is 4.61. The van der Waals surface area contributed by atoms with Crippen molar-refractivity contribution in [3.05, 3.63) is 0 Å². The lowest BCUT2D eigenvalue weighted by molar-refractivity contribution is -0.138. The number of carbonyl (C=O) groups is 1. The fourth-order valence-electron chi connectivity index (χ4n) is 2.22. The minimum absolute atomic E-state index is 0.209. The van der Waals surface area contributed by atoms with E-state index in [1.807, 2.05) is 4.90 Å². The third-order valence-electron chi connectivity index (χ3n) is 3.05. The summed E-state index contributed by atoms with van der Waals surface area (Å²) in [6.07, 6.45) is 2.38. The summed E-state index contributed by atoms with van der Waals surface area (Å²) in [4.78, 5) is 12.5. The van der Waals surface area contributed by atoms with Crippen LogP contribution in [0.4, 0.5) is 0 Å². The summed E-state index contributed by atoms with van der Waals surface area (Å²) in [5.74, 6) is 0.741. The van der Waals surface area contributed by atoms with Crippen molar-refractivity contribution >= 4 is 5.97 Å². The van der Waals surface area contributed by atoms with Gasteiger partial charge in [-0.3, -0.25) is 9.69 Å². The molecular weight excluding hydrogens is 166 g/mol. The molecule has 76 valence electrons. The first-order valence-corrected chi connectivity index (χ1v) is 5.07. The van der Waals surface area contributed by atoms with E-state index in [4.69, 9.17) is 5.11 Å². The van der Waals surface area contributed by atoms with Gasteiger partial charge in [-0.2, -0.15) is 0 Å². The normalized spacial score (nSPS) is 30.3. The Hall–Kier alpha value is -0.570. The Balaban J connectivity index is 2.36. The molecule has 1 N–H and O–H groups in total. The lowest BCUT2D eigenvalue weighted by atomic mass is 9.85. The molecule has 1 fully saturated rings. The van der Waals surface area contributed by atoms with Crippen molar-refractivity contribution in [2.24, 2.45) is 11.8 Å². The molecule has 1 aliphatic heterocycles. The van der Waals surface area contributed by atoms with E-state index in [0.717, 1.165) is 25.4 Å². The zero-order chi connectivity index (χ0) is 9.84. The number of nitrogens with zero attached hydrogens (tertiary/aromatic N) is 1. The van der Waals surface area contributed by atoms with Crippen molar-refractivity contribution in [2.75, 3.05) is 19.6 Å². The van der Waals surface area contributed by atoms with Gasteiger partial charge in [-0.15, -0.1) is 0 Å². The van der Waals surface area contributed by atoms with E-state index in [9.17, 15) is 4.79 Å². The highest BCUT2D eigenvalue weighted by Crippen LogP contribution is 2.25. The Morgan fingerprint density at radius 1 is 1.62 bits per heavy atom. The molecule has 0 saturated carbocycles. The van der Waals surface area contributed by atoms with Crippen LogP contribution in [0.5, 0.6) is 0 Å². The van der Waals surface area contributed by atoms with Crippen molar-refractivity contribution in [1.29, 1.82) is 0 Å². The van der Waals surface area contributed by atoms with Gasteiger partial charge in [-0.05, 0) is 24.8 Å². The average molecular weight is 185 g/mol. The molecule has 2 unspecified atom stereocenters. The minimum Gasteiger partial charge on any atom is -0.480 e. The molecule has 1 heterocycles. The SMILES string of the molecule is CCC1CCN(CC(=O)O)CC1C. The van der Waals surface area contributed by atoms with Crippen LogP contribution in [0.3, 0.4) is 0 Å². The molecule has 0 aromatic rings. The van der Waals surface area contributed by atoms with Crippen molar-refractivity contribution in [3.63, 3.8) is 0 Å². The molecule has 0 aromatic heterocycles. The Bertz CT molecular complexity index is 182. The predicted octanol–water partition coefficient (Wildman–Crippen LogP) is 1.44. The number of hydrogen-bond acceptors (Lipinski definition) is 2. The van der Waals surface area contributed by atoms with Gasteiger partial charge in [0.05, 0.1) is 6.54 Å². The summed E-state index contributed by atoms with van der Waals surface area (Å²) in [5, 5.41) is 8.63. The maximum absolute atomic E-state index is 10.5. The summed E-state index contributed by atoms with van der Waals surface area (Å²) in [6, 6.07) is 0. The van der Waals surface area contributed by atoms with E-state index in [1.54, 1.807) is 0 Å². The van der Waals surface area contributed by atoms with Crippen LogP contribution in [-0.2, 0) is 4.79 Å². The van der Waals surface area contributed by atoms with E-state index >= 15 is 0 Å². The summed E-state index contributed by atoms with van der Waals surface area (Å²) in [5.41, 5.74) is 0. The number of piperidine rings is 1. The van der Waals surface area contributed by atoms with Crippen LogP contribution >= 0.6 is 0 Å². The summed E-state index contributed by atoms with van der Waals surface area (Å²) in [7, 11) is 0. The molecule has 3 nitrogen and oxygen atoms in total. The van der Waals surface area contributed by atoms with E-state index in [0.29, 0.717) is 5.92 Å². The van der Waals surface area contributed by atoms with Crippen molar-refractivity contribution in [1.82, 2.24) is 4.90 Å². The van der Waals surface area contributed by atoms with E-state index in [1.165, 1.54) is 6.42 Å². The molecule has 0 spiro atoms. The molecule has 0 amide bonds. The molecule has 1 aliphatic rings. The first-order valence-electron chi connectivity index (χ1n) is 5.07. The van der Waals surface area contributed by atoms with Gasteiger partial charge in [0.15, 0.2) is 0 Å².